The first-order chi connectivity index (χ1) is 26.3. The molecule has 0 aliphatic carbocycles. The van der Waals surface area contributed by atoms with Crippen molar-refractivity contribution in [2.45, 2.75) is 93.1 Å². The molecule has 24 heteroatoms. The van der Waals surface area contributed by atoms with E-state index in [4.69, 9.17) is 24.1 Å². The first-order valence-electron chi connectivity index (χ1n) is 16.6. The summed E-state index contributed by atoms with van der Waals surface area (Å²) in [7, 11) is -12.2. The van der Waals surface area contributed by atoms with Gasteiger partial charge in [-0.05, 0) is 44.4 Å². The molecule has 2 unspecified atom stereocenters. The van der Waals surface area contributed by atoms with E-state index in [1.807, 2.05) is 0 Å². The number of Topliss-reactive ketones (excluding diaryl/α,β-unsaturated/α-hetero) is 1. The van der Waals surface area contributed by atoms with Gasteiger partial charge < -0.3 is 29.4 Å². The van der Waals surface area contributed by atoms with Gasteiger partial charge in [0.25, 0.3) is 12.9 Å². The van der Waals surface area contributed by atoms with Crippen LogP contribution >= 0.6 is 0 Å². The molecule has 2 aromatic rings. The number of carbonyl (C=O) groups excluding carboxylic acids is 2. The van der Waals surface area contributed by atoms with Gasteiger partial charge in [0.05, 0.1) is 26.4 Å². The number of benzene rings is 2. The van der Waals surface area contributed by atoms with Crippen LogP contribution in [0.5, 0.6) is 0 Å². The molecule has 1 amide bonds. The molecule has 13 nitrogen and oxygen atoms in total. The summed E-state index contributed by atoms with van der Waals surface area (Å²) in [5.41, 5.74) is 0.0835. The van der Waals surface area contributed by atoms with E-state index < -0.39 is 92.0 Å². The van der Waals surface area contributed by atoms with Crippen LogP contribution < -0.4 is 5.32 Å². The molecule has 0 radical (unpaired) electrons. The van der Waals surface area contributed by atoms with E-state index in [-0.39, 0.29) is 30.9 Å². The van der Waals surface area contributed by atoms with E-state index in [0.29, 0.717) is 19.6 Å². The lowest BCUT2D eigenvalue weighted by molar-refractivity contribution is -0.272. The van der Waals surface area contributed by atoms with E-state index in [1.54, 1.807) is 24.4 Å². The van der Waals surface area contributed by atoms with Crippen molar-refractivity contribution in [1.82, 2.24) is 0 Å². The summed E-state index contributed by atoms with van der Waals surface area (Å²) in [5.74, 6) is -6.88. The molecule has 0 bridgehead atoms. The zero-order valence-electron chi connectivity index (χ0n) is 30.1. The summed E-state index contributed by atoms with van der Waals surface area (Å²) < 4.78 is 185. The van der Waals surface area contributed by atoms with Gasteiger partial charge in [0.15, 0.2) is 11.6 Å². The Hall–Kier alpha value is -3.39. The third kappa shape index (κ3) is 15.4. The third-order valence-corrected chi connectivity index (χ3v) is 9.78. The maximum atomic E-state index is 14.2. The fraction of sp³-hybridized carbons (Fsp3) is 0.576. The molecule has 2 aliphatic rings. The third-order valence-electron chi connectivity index (χ3n) is 7.63. The molecule has 57 heavy (non-hydrogen) atoms. The van der Waals surface area contributed by atoms with Crippen LogP contribution in [-0.4, -0.2) is 107 Å². The lowest BCUT2D eigenvalue weighted by atomic mass is 10.1. The van der Waals surface area contributed by atoms with Gasteiger partial charge in [-0.1, -0.05) is 52.4 Å². The van der Waals surface area contributed by atoms with Gasteiger partial charge in [-0.25, -0.2) is 17.6 Å². The van der Waals surface area contributed by atoms with E-state index in [1.165, 1.54) is 55.5 Å². The smallest absolute Gasteiger partial charge is 0.387 e. The SMILES string of the molecule is CC1(CC(O)C(F)F)OCCCO1.CC1(CC(OS(=O)(=O)C(F)(F)C(=O)Cc2ccccc2)C(F)F)OCCCO1.O=C(Nc1ccccc1)C(F)(F)S(=O)(=O)F. The molecular weight excluding hydrogens is 837 g/mol. The Bertz CT molecular complexity index is 1780. The van der Waals surface area contributed by atoms with E-state index in [9.17, 15) is 65.4 Å². The number of alkyl halides is 8. The largest absolute Gasteiger partial charge is 0.451 e. The Balaban J connectivity index is 0.000000326. The summed E-state index contributed by atoms with van der Waals surface area (Å²) in [5, 5.41) is 0.425. The maximum absolute atomic E-state index is 14.2. The number of rotatable bonds is 15. The number of para-hydroxylation sites is 1. The Morgan fingerprint density at radius 1 is 0.754 bits per heavy atom. The second kappa shape index (κ2) is 21.0. The first kappa shape index (κ1) is 49.8. The van der Waals surface area contributed by atoms with Crippen molar-refractivity contribution >= 4 is 37.7 Å². The summed E-state index contributed by atoms with van der Waals surface area (Å²) in [6, 6.07) is 14.1. The number of halogens is 9. The number of hydrogen-bond donors (Lipinski definition) is 2. The van der Waals surface area contributed by atoms with Crippen molar-refractivity contribution in [3.8, 4) is 0 Å². The highest BCUT2D eigenvalue weighted by Crippen LogP contribution is 2.33. The second-order valence-electron chi connectivity index (χ2n) is 12.5. The number of anilines is 1. The number of carbonyl (C=O) groups is 2. The number of aliphatic hydroxyl groups excluding tert-OH is 1. The standard InChI is InChI=1S/C17H20F4O6S.C8H6F3NO3S.C8H14F2O3/c1-16(25-8-5-9-26-16)11-13(15(18)19)27-28(23,24)17(20,21)14(22)10-12-6-3-2-4-7-12;9-8(10,16(11,14)15)7(13)12-6-4-2-1-3-5-6;1-8(5-6(11)7(9)10)12-3-2-4-13-8/h2-4,6-7,13,15H,5,8-11H2,1H3;1-5H,(H,12,13);6-7,11H,2-5H2,1H3. The van der Waals surface area contributed by atoms with Crippen LogP contribution in [0, 0.1) is 0 Å². The van der Waals surface area contributed by atoms with Gasteiger partial charge >= 0.3 is 36.8 Å². The maximum Gasteiger partial charge on any atom is 0.451 e. The molecule has 2 aliphatic heterocycles. The monoisotopic (exact) mass is 877 g/mol. The molecule has 0 spiro atoms. The van der Waals surface area contributed by atoms with Crippen molar-refractivity contribution < 1.29 is 93.7 Å². The van der Waals surface area contributed by atoms with Crippen molar-refractivity contribution in [2.75, 3.05) is 31.7 Å². The zero-order chi connectivity index (χ0) is 43.3. The summed E-state index contributed by atoms with van der Waals surface area (Å²) in [4.78, 5) is 22.6. The van der Waals surface area contributed by atoms with Gasteiger partial charge in [0.2, 0.25) is 5.78 Å². The van der Waals surface area contributed by atoms with Crippen molar-refractivity contribution in [3.05, 3.63) is 66.2 Å². The van der Waals surface area contributed by atoms with Gasteiger partial charge in [0, 0.05) is 24.9 Å². The molecule has 2 atom stereocenters. The van der Waals surface area contributed by atoms with Crippen molar-refractivity contribution in [1.29, 1.82) is 0 Å². The minimum absolute atomic E-state index is 0.0594. The fourth-order valence-corrected chi connectivity index (χ4v) is 5.89. The Morgan fingerprint density at radius 2 is 1.19 bits per heavy atom. The van der Waals surface area contributed by atoms with Gasteiger partial charge in [-0.2, -0.15) is 34.4 Å². The lowest BCUT2D eigenvalue weighted by Crippen LogP contribution is -2.47. The van der Waals surface area contributed by atoms with Crippen LogP contribution in [0.4, 0.5) is 44.7 Å². The number of aliphatic hydroxyl groups is 1. The van der Waals surface area contributed by atoms with E-state index in [2.05, 4.69) is 4.18 Å². The highest BCUT2D eigenvalue weighted by atomic mass is 32.3. The quantitative estimate of drug-likeness (QED) is 0.129. The van der Waals surface area contributed by atoms with Crippen molar-refractivity contribution in [2.24, 2.45) is 0 Å². The minimum atomic E-state index is -6.27. The first-order valence-corrected chi connectivity index (χ1v) is 19.4. The van der Waals surface area contributed by atoms with Crippen LogP contribution in [0.1, 0.15) is 45.1 Å². The highest BCUT2D eigenvalue weighted by molar-refractivity contribution is 7.88. The summed E-state index contributed by atoms with van der Waals surface area (Å²) >= 11 is 0. The molecule has 2 heterocycles. The van der Waals surface area contributed by atoms with E-state index in [0.717, 1.165) is 6.42 Å². The lowest BCUT2D eigenvalue weighted by Gasteiger charge is -2.36. The van der Waals surface area contributed by atoms with Crippen LogP contribution in [-0.2, 0) is 59.5 Å². The molecule has 2 fully saturated rings. The number of nitrogens with one attached hydrogen (secondary N) is 1. The van der Waals surface area contributed by atoms with Crippen LogP contribution in [0.25, 0.3) is 0 Å². The minimum Gasteiger partial charge on any atom is -0.387 e. The Kier molecular flexibility index (Phi) is 18.4. The van der Waals surface area contributed by atoms with Gasteiger partial charge in [-0.15, -0.1) is 0 Å². The molecule has 2 N–H and O–H groups in total. The predicted octanol–water partition coefficient (Wildman–Crippen LogP) is 5.59. The normalized spacial score (nSPS) is 18.3. The van der Waals surface area contributed by atoms with Crippen molar-refractivity contribution in [3.63, 3.8) is 0 Å². The molecule has 0 aromatic heterocycles. The number of ketones is 1. The highest BCUT2D eigenvalue weighted by Gasteiger charge is 2.56. The molecule has 2 aromatic carbocycles. The number of hydrogen-bond acceptors (Lipinski definition) is 12. The topological polar surface area (TPSA) is 181 Å². The molecule has 324 valence electrons. The van der Waals surface area contributed by atoms with Gasteiger partial charge in [0.1, 0.15) is 12.2 Å². The molecule has 2 saturated heterocycles. The van der Waals surface area contributed by atoms with E-state index >= 15 is 0 Å². The average Bonchev–Trinajstić information content (AvgIpc) is 3.12. The Morgan fingerprint density at radius 3 is 1.61 bits per heavy atom. The zero-order valence-corrected chi connectivity index (χ0v) is 31.7. The number of ether oxygens (including phenoxy) is 4. The summed E-state index contributed by atoms with van der Waals surface area (Å²) in [6.45, 7) is 4.17. The number of amides is 1. The van der Waals surface area contributed by atoms with Gasteiger partial charge in [-0.3, -0.25) is 13.8 Å². The van der Waals surface area contributed by atoms with Crippen LogP contribution in [0.2, 0.25) is 0 Å². The Labute approximate surface area is 322 Å². The average molecular weight is 878 g/mol. The second-order valence-corrected chi connectivity index (χ2v) is 15.5. The predicted molar refractivity (Wildman–Crippen MR) is 181 cm³/mol. The molecular formula is C33H40F9NO12S2. The fourth-order valence-electron chi connectivity index (χ4n) is 4.67. The molecule has 4 rings (SSSR count). The van der Waals surface area contributed by atoms with Crippen LogP contribution in [0.15, 0.2) is 60.7 Å². The molecule has 0 saturated carbocycles. The summed E-state index contributed by atoms with van der Waals surface area (Å²) in [6.07, 6.45) is -11.0. The van der Waals surface area contributed by atoms with Crippen LogP contribution in [0.3, 0.4) is 0 Å².